The summed E-state index contributed by atoms with van der Waals surface area (Å²) in [5, 5.41) is 1.24. The molecule has 78 valence electrons. The molecule has 0 atom stereocenters. The molecule has 0 aromatic heterocycles. The fourth-order valence-electron chi connectivity index (χ4n) is 1.11. The van der Waals surface area contributed by atoms with Crippen molar-refractivity contribution in [2.45, 2.75) is 26.4 Å². The molecule has 0 unspecified atom stereocenters. The molecule has 1 nitrogen and oxygen atoms in total. The first-order valence-corrected chi connectivity index (χ1v) is 5.40. The molecule has 0 heterocycles. The lowest BCUT2D eigenvalue weighted by molar-refractivity contribution is 0.266. The summed E-state index contributed by atoms with van der Waals surface area (Å²) >= 11 is 11.8. The summed E-state index contributed by atoms with van der Waals surface area (Å²) < 4.78 is 0. The van der Waals surface area contributed by atoms with E-state index in [1.807, 2.05) is 18.2 Å². The van der Waals surface area contributed by atoms with E-state index < -0.39 is 0 Å². The minimum atomic E-state index is 0.532. The van der Waals surface area contributed by atoms with Gasteiger partial charge in [0, 0.05) is 12.6 Å². The van der Waals surface area contributed by atoms with Crippen LogP contribution in [0, 0.1) is 0 Å². The van der Waals surface area contributed by atoms with E-state index >= 15 is 0 Å². The number of halogens is 2. The normalized spacial score (nSPS) is 11.4. The van der Waals surface area contributed by atoms with Crippen LogP contribution in [0.1, 0.15) is 19.4 Å². The Balaban J connectivity index is 2.73. The van der Waals surface area contributed by atoms with Crippen LogP contribution in [0.3, 0.4) is 0 Å². The fraction of sp³-hybridized carbons (Fsp3) is 0.455. The van der Waals surface area contributed by atoms with Gasteiger partial charge in [0.15, 0.2) is 0 Å². The Kier molecular flexibility index (Phi) is 4.24. The van der Waals surface area contributed by atoms with Crippen LogP contribution < -0.4 is 0 Å². The van der Waals surface area contributed by atoms with Crippen molar-refractivity contribution >= 4 is 23.2 Å². The molecule has 14 heavy (non-hydrogen) atoms. The Labute approximate surface area is 95.6 Å². The highest BCUT2D eigenvalue weighted by molar-refractivity contribution is 6.42. The second kappa shape index (κ2) is 5.01. The van der Waals surface area contributed by atoms with Crippen LogP contribution in [-0.4, -0.2) is 18.0 Å². The predicted molar refractivity (Wildman–Crippen MR) is 63.1 cm³/mol. The molecule has 0 aliphatic rings. The van der Waals surface area contributed by atoms with E-state index in [1.54, 1.807) is 0 Å². The third-order valence-corrected chi connectivity index (χ3v) is 3.04. The van der Waals surface area contributed by atoms with Crippen LogP contribution in [0.2, 0.25) is 10.0 Å². The van der Waals surface area contributed by atoms with Gasteiger partial charge in [-0.15, -0.1) is 0 Å². The van der Waals surface area contributed by atoms with Gasteiger partial charge in [-0.25, -0.2) is 0 Å². The highest BCUT2D eigenvalue weighted by Gasteiger charge is 2.05. The van der Waals surface area contributed by atoms with Crippen molar-refractivity contribution < 1.29 is 0 Å². The molecule has 0 radical (unpaired) electrons. The monoisotopic (exact) mass is 231 g/mol. The zero-order valence-corrected chi connectivity index (χ0v) is 10.2. The van der Waals surface area contributed by atoms with Crippen LogP contribution in [0.15, 0.2) is 18.2 Å². The summed E-state index contributed by atoms with van der Waals surface area (Å²) in [6, 6.07) is 6.30. The van der Waals surface area contributed by atoms with Crippen molar-refractivity contribution in [3.8, 4) is 0 Å². The van der Waals surface area contributed by atoms with Gasteiger partial charge < -0.3 is 0 Å². The van der Waals surface area contributed by atoms with Crippen molar-refractivity contribution in [1.82, 2.24) is 4.90 Å². The zero-order valence-electron chi connectivity index (χ0n) is 8.72. The van der Waals surface area contributed by atoms with Gasteiger partial charge in [-0.1, -0.05) is 29.3 Å². The van der Waals surface area contributed by atoms with E-state index in [2.05, 4.69) is 25.8 Å². The summed E-state index contributed by atoms with van der Waals surface area (Å²) in [5.74, 6) is 0. The van der Waals surface area contributed by atoms with E-state index in [9.17, 15) is 0 Å². The van der Waals surface area contributed by atoms with Crippen molar-refractivity contribution in [2.24, 2.45) is 0 Å². The summed E-state index contributed by atoms with van der Waals surface area (Å²) in [4.78, 5) is 2.25. The first-order valence-electron chi connectivity index (χ1n) is 4.65. The third-order valence-electron chi connectivity index (χ3n) is 2.30. The van der Waals surface area contributed by atoms with Gasteiger partial charge >= 0.3 is 0 Å². The fourth-order valence-corrected chi connectivity index (χ4v) is 1.43. The second-order valence-electron chi connectivity index (χ2n) is 3.76. The van der Waals surface area contributed by atoms with Crippen molar-refractivity contribution in [3.63, 3.8) is 0 Å². The number of nitrogens with zero attached hydrogens (tertiary/aromatic N) is 1. The molecule has 0 saturated carbocycles. The number of benzene rings is 1. The molecule has 0 spiro atoms. The Hall–Kier alpha value is -0.240. The number of rotatable bonds is 3. The van der Waals surface area contributed by atoms with E-state index in [0.717, 1.165) is 6.54 Å². The van der Waals surface area contributed by atoms with Crippen LogP contribution in [0.4, 0.5) is 0 Å². The average molecular weight is 232 g/mol. The molecule has 0 saturated heterocycles. The topological polar surface area (TPSA) is 3.24 Å². The van der Waals surface area contributed by atoms with Crippen molar-refractivity contribution in [1.29, 1.82) is 0 Å². The molecule has 0 N–H and O–H groups in total. The van der Waals surface area contributed by atoms with Gasteiger partial charge in [0.2, 0.25) is 0 Å². The summed E-state index contributed by atoms with van der Waals surface area (Å²) in [5.41, 5.74) is 1.19. The van der Waals surface area contributed by atoms with Gasteiger partial charge in [0.05, 0.1) is 10.0 Å². The molecule has 3 heteroatoms. The molecule has 0 amide bonds. The summed E-state index contributed by atoms with van der Waals surface area (Å²) in [6.45, 7) is 5.23. The molecular formula is C11H15Cl2N. The van der Waals surface area contributed by atoms with Gasteiger partial charge in [0.25, 0.3) is 0 Å². The zero-order chi connectivity index (χ0) is 10.7. The average Bonchev–Trinajstić information content (AvgIpc) is 2.11. The summed E-state index contributed by atoms with van der Waals surface area (Å²) in [6.07, 6.45) is 0. The van der Waals surface area contributed by atoms with E-state index in [1.165, 1.54) is 5.56 Å². The van der Waals surface area contributed by atoms with E-state index in [0.29, 0.717) is 16.1 Å². The smallest absolute Gasteiger partial charge is 0.0595 e. The summed E-state index contributed by atoms with van der Waals surface area (Å²) in [7, 11) is 2.09. The number of hydrogen-bond acceptors (Lipinski definition) is 1. The molecule has 1 rings (SSSR count). The largest absolute Gasteiger partial charge is 0.300 e. The number of hydrogen-bond donors (Lipinski definition) is 0. The Bertz CT molecular complexity index is 310. The lowest BCUT2D eigenvalue weighted by Gasteiger charge is -2.21. The molecule has 1 aromatic carbocycles. The molecule has 0 aliphatic heterocycles. The van der Waals surface area contributed by atoms with Gasteiger partial charge in [0.1, 0.15) is 0 Å². The van der Waals surface area contributed by atoms with Crippen molar-refractivity contribution in [3.05, 3.63) is 33.8 Å². The maximum Gasteiger partial charge on any atom is 0.0595 e. The lowest BCUT2D eigenvalue weighted by atomic mass is 10.2. The van der Waals surface area contributed by atoms with Crippen LogP contribution >= 0.6 is 23.2 Å². The van der Waals surface area contributed by atoms with Crippen LogP contribution in [0.5, 0.6) is 0 Å². The first-order chi connectivity index (χ1) is 6.50. The molecular weight excluding hydrogens is 217 g/mol. The van der Waals surface area contributed by atoms with Crippen LogP contribution in [-0.2, 0) is 6.54 Å². The van der Waals surface area contributed by atoms with Gasteiger partial charge in [-0.05, 0) is 38.6 Å². The third kappa shape index (κ3) is 3.16. The molecule has 1 aromatic rings. The van der Waals surface area contributed by atoms with E-state index in [-0.39, 0.29) is 0 Å². The second-order valence-corrected chi connectivity index (χ2v) is 4.57. The predicted octanol–water partition coefficient (Wildman–Crippen LogP) is 3.83. The quantitative estimate of drug-likeness (QED) is 0.765. The minimum absolute atomic E-state index is 0.532. The highest BCUT2D eigenvalue weighted by atomic mass is 35.5. The maximum atomic E-state index is 5.93. The van der Waals surface area contributed by atoms with Crippen LogP contribution in [0.25, 0.3) is 0 Å². The minimum Gasteiger partial charge on any atom is -0.300 e. The Morgan fingerprint density at radius 1 is 1.21 bits per heavy atom. The molecule has 0 fully saturated rings. The Morgan fingerprint density at radius 3 is 2.36 bits per heavy atom. The first kappa shape index (κ1) is 11.8. The standard InChI is InChI=1S/C11H15Cl2N/c1-8(2)14(3)7-9-4-5-10(12)11(13)6-9/h4-6,8H,7H2,1-3H3. The van der Waals surface area contributed by atoms with Gasteiger partial charge in [-0.3, -0.25) is 4.90 Å². The van der Waals surface area contributed by atoms with Crippen molar-refractivity contribution in [2.75, 3.05) is 7.05 Å². The highest BCUT2D eigenvalue weighted by Crippen LogP contribution is 2.23. The lowest BCUT2D eigenvalue weighted by Crippen LogP contribution is -2.25. The molecule has 0 aliphatic carbocycles. The maximum absolute atomic E-state index is 5.93. The molecule has 0 bridgehead atoms. The van der Waals surface area contributed by atoms with E-state index in [4.69, 9.17) is 23.2 Å². The van der Waals surface area contributed by atoms with Gasteiger partial charge in [-0.2, -0.15) is 0 Å². The Morgan fingerprint density at radius 2 is 1.86 bits per heavy atom. The SMILES string of the molecule is CC(C)N(C)Cc1ccc(Cl)c(Cl)c1.